The number of esters is 1. The van der Waals surface area contributed by atoms with Crippen LogP contribution in [0.2, 0.25) is 0 Å². The summed E-state index contributed by atoms with van der Waals surface area (Å²) in [5.41, 5.74) is 0. The molecule has 0 heterocycles. The van der Waals surface area contributed by atoms with Crippen molar-refractivity contribution >= 4 is 11.9 Å². The van der Waals surface area contributed by atoms with E-state index in [1.165, 1.54) is 180 Å². The van der Waals surface area contributed by atoms with Gasteiger partial charge in [0.2, 0.25) is 5.91 Å². The van der Waals surface area contributed by atoms with Gasteiger partial charge in [0.05, 0.1) is 25.4 Å². The molecule has 0 bridgehead atoms. The van der Waals surface area contributed by atoms with Crippen molar-refractivity contribution in [2.24, 2.45) is 0 Å². The Hall–Kier alpha value is -2.44. The van der Waals surface area contributed by atoms with Crippen LogP contribution in [0.25, 0.3) is 0 Å². The summed E-state index contributed by atoms with van der Waals surface area (Å²) in [6, 6.07) is -0.638. The summed E-state index contributed by atoms with van der Waals surface area (Å²) in [4.78, 5) is 24.5. The number of carbonyl (C=O) groups is 2. The molecule has 68 heavy (non-hydrogen) atoms. The topological polar surface area (TPSA) is 95.9 Å². The van der Waals surface area contributed by atoms with E-state index in [2.05, 4.69) is 67.8 Å². The normalized spacial score (nSPS) is 13.1. The van der Waals surface area contributed by atoms with Gasteiger partial charge in [-0.15, -0.1) is 0 Å². The van der Waals surface area contributed by atoms with Gasteiger partial charge in [-0.1, -0.05) is 254 Å². The van der Waals surface area contributed by atoms with Crippen molar-refractivity contribution in [2.45, 2.75) is 309 Å². The highest BCUT2D eigenvalue weighted by Gasteiger charge is 2.18. The minimum atomic E-state index is -0.853. The minimum Gasteiger partial charge on any atom is -0.466 e. The van der Waals surface area contributed by atoms with E-state index in [9.17, 15) is 19.8 Å². The Morgan fingerprint density at radius 2 is 0.809 bits per heavy atom. The Morgan fingerprint density at radius 1 is 0.426 bits per heavy atom. The number of ether oxygens (including phenoxy) is 1. The van der Waals surface area contributed by atoms with Gasteiger partial charge in [-0.3, -0.25) is 9.59 Å². The molecule has 0 aromatic rings. The number of rotatable bonds is 54. The average molecular weight is 953 g/mol. The van der Waals surface area contributed by atoms with Crippen LogP contribution in [0.3, 0.4) is 0 Å². The lowest BCUT2D eigenvalue weighted by molar-refractivity contribution is -0.143. The number of amides is 1. The maximum Gasteiger partial charge on any atom is 0.305 e. The van der Waals surface area contributed by atoms with Gasteiger partial charge < -0.3 is 20.3 Å². The monoisotopic (exact) mass is 952 g/mol. The molecule has 0 aromatic carbocycles. The van der Waals surface area contributed by atoms with Crippen LogP contribution in [0, 0.1) is 0 Å². The lowest BCUT2D eigenvalue weighted by Gasteiger charge is -2.20. The summed E-state index contributed by atoms with van der Waals surface area (Å²) in [6.07, 6.45) is 73.9. The fourth-order valence-electron chi connectivity index (χ4n) is 8.72. The molecule has 0 radical (unpaired) electrons. The van der Waals surface area contributed by atoms with Crippen LogP contribution in [-0.4, -0.2) is 47.4 Å². The van der Waals surface area contributed by atoms with Crippen LogP contribution in [0.1, 0.15) is 296 Å². The second-order valence-corrected chi connectivity index (χ2v) is 20.0. The molecule has 3 N–H and O–H groups in total. The molecule has 6 nitrogen and oxygen atoms in total. The standard InChI is InChI=1S/C62H113NO5/c1-3-5-7-9-11-13-15-17-18-19-21-24-27-31-34-38-42-46-50-54-60(65)59(58-64)63-61(66)55-51-47-43-39-35-32-28-25-22-20-23-26-29-33-37-41-45-49-53-57-68-62(67)56-52-48-44-40-36-30-16-14-12-10-8-6-4-2/h8,10,14,16,26,29,33,37,50,54,59-60,64-65H,3-7,9,11-13,15,17-25,27-28,30-32,34-36,38-49,51-53,55-58H2,1-2H3,(H,63,66)/b10-8-,16-14-,29-26-,37-33-,54-50+. The van der Waals surface area contributed by atoms with Crippen LogP contribution < -0.4 is 5.32 Å². The summed E-state index contributed by atoms with van der Waals surface area (Å²) < 4.78 is 5.43. The van der Waals surface area contributed by atoms with Crippen molar-refractivity contribution in [1.29, 1.82) is 0 Å². The van der Waals surface area contributed by atoms with Crippen LogP contribution in [0.4, 0.5) is 0 Å². The molecule has 0 aliphatic rings. The highest BCUT2D eigenvalue weighted by atomic mass is 16.5. The van der Waals surface area contributed by atoms with Crippen molar-refractivity contribution in [3.8, 4) is 0 Å². The average Bonchev–Trinajstić information content (AvgIpc) is 3.34. The molecule has 0 rings (SSSR count). The molecule has 0 aliphatic heterocycles. The molecule has 1 amide bonds. The Morgan fingerprint density at radius 3 is 1.26 bits per heavy atom. The molecule has 0 saturated heterocycles. The molecule has 2 atom stereocenters. The fourth-order valence-corrected chi connectivity index (χ4v) is 8.72. The Labute approximate surface area is 422 Å². The van der Waals surface area contributed by atoms with Crippen LogP contribution in [-0.2, 0) is 14.3 Å². The molecule has 0 spiro atoms. The summed E-state index contributed by atoms with van der Waals surface area (Å²) in [5, 5.41) is 23.2. The Balaban J connectivity index is 3.53. The van der Waals surface area contributed by atoms with Gasteiger partial charge >= 0.3 is 5.97 Å². The number of carbonyl (C=O) groups excluding carboxylic acids is 2. The third kappa shape index (κ3) is 52.9. The summed E-state index contributed by atoms with van der Waals surface area (Å²) in [5.74, 6) is -0.108. The smallest absolute Gasteiger partial charge is 0.305 e. The number of hydrogen-bond donors (Lipinski definition) is 3. The lowest BCUT2D eigenvalue weighted by Crippen LogP contribution is -2.45. The van der Waals surface area contributed by atoms with Gasteiger partial charge in [-0.25, -0.2) is 0 Å². The third-order valence-corrected chi connectivity index (χ3v) is 13.3. The van der Waals surface area contributed by atoms with Gasteiger partial charge in [0, 0.05) is 12.8 Å². The molecule has 2 unspecified atom stereocenters. The first-order chi connectivity index (χ1) is 33.5. The molecule has 0 aliphatic carbocycles. The van der Waals surface area contributed by atoms with Gasteiger partial charge in [0.25, 0.3) is 0 Å². The zero-order valence-electron chi connectivity index (χ0n) is 45.1. The molecule has 396 valence electrons. The maximum atomic E-state index is 12.5. The summed E-state index contributed by atoms with van der Waals surface area (Å²) in [6.45, 7) is 4.80. The van der Waals surface area contributed by atoms with Crippen LogP contribution >= 0.6 is 0 Å². The molecule has 0 saturated carbocycles. The third-order valence-electron chi connectivity index (χ3n) is 13.3. The highest BCUT2D eigenvalue weighted by molar-refractivity contribution is 5.76. The molecular weight excluding hydrogens is 839 g/mol. The minimum absolute atomic E-state index is 0.0301. The van der Waals surface area contributed by atoms with Gasteiger partial charge in [-0.05, 0) is 89.9 Å². The van der Waals surface area contributed by atoms with Crippen molar-refractivity contribution in [3.05, 3.63) is 60.8 Å². The van der Waals surface area contributed by atoms with Gasteiger partial charge in [0.1, 0.15) is 0 Å². The number of nitrogens with one attached hydrogen (secondary N) is 1. The van der Waals surface area contributed by atoms with E-state index >= 15 is 0 Å². The van der Waals surface area contributed by atoms with E-state index in [0.717, 1.165) is 89.9 Å². The molecular formula is C62H113NO5. The zero-order valence-corrected chi connectivity index (χ0v) is 45.1. The van der Waals surface area contributed by atoms with Gasteiger partial charge in [-0.2, -0.15) is 0 Å². The zero-order chi connectivity index (χ0) is 49.3. The van der Waals surface area contributed by atoms with Crippen LogP contribution in [0.15, 0.2) is 60.8 Å². The Bertz CT molecular complexity index is 1190. The second-order valence-electron chi connectivity index (χ2n) is 20.0. The second kappa shape index (κ2) is 57.1. The Kier molecular flexibility index (Phi) is 55.1. The van der Waals surface area contributed by atoms with E-state index in [4.69, 9.17) is 4.74 Å². The van der Waals surface area contributed by atoms with E-state index in [1.54, 1.807) is 6.08 Å². The number of unbranched alkanes of at least 4 members (excludes halogenated alkanes) is 36. The van der Waals surface area contributed by atoms with Crippen molar-refractivity contribution in [1.82, 2.24) is 5.32 Å². The number of hydrogen-bond acceptors (Lipinski definition) is 5. The predicted octanol–water partition coefficient (Wildman–Crippen LogP) is 18.4. The quantitative estimate of drug-likeness (QED) is 0.0244. The van der Waals surface area contributed by atoms with Crippen LogP contribution in [0.5, 0.6) is 0 Å². The highest BCUT2D eigenvalue weighted by Crippen LogP contribution is 2.16. The molecule has 6 heteroatoms. The lowest BCUT2D eigenvalue weighted by atomic mass is 10.0. The largest absolute Gasteiger partial charge is 0.466 e. The van der Waals surface area contributed by atoms with E-state index in [-0.39, 0.29) is 18.5 Å². The van der Waals surface area contributed by atoms with E-state index < -0.39 is 12.1 Å². The fraction of sp³-hybridized carbons (Fsp3) is 0.806. The van der Waals surface area contributed by atoms with E-state index in [1.807, 2.05) is 6.08 Å². The first-order valence-electron chi connectivity index (χ1n) is 29.6. The molecule has 0 aromatic heterocycles. The number of aliphatic hydroxyl groups excluding tert-OH is 2. The van der Waals surface area contributed by atoms with E-state index in [0.29, 0.717) is 19.4 Å². The van der Waals surface area contributed by atoms with Crippen molar-refractivity contribution in [3.63, 3.8) is 0 Å². The number of aliphatic hydroxyl groups is 2. The first kappa shape index (κ1) is 65.6. The first-order valence-corrected chi connectivity index (χ1v) is 29.6. The van der Waals surface area contributed by atoms with Gasteiger partial charge in [0.15, 0.2) is 0 Å². The number of allylic oxidation sites excluding steroid dienone is 9. The van der Waals surface area contributed by atoms with Crippen molar-refractivity contribution in [2.75, 3.05) is 13.2 Å². The SMILES string of the molecule is CCC/C=C\C/C=C\CCCCCCCC(=O)OCCCCC/C=C\C=C/CCCCCCCCCCCCC(=O)NC(CO)C(O)/C=C/CCCCCCCCCCCCCCCCCCC. The maximum absolute atomic E-state index is 12.5. The predicted molar refractivity (Wildman–Crippen MR) is 296 cm³/mol. The summed E-state index contributed by atoms with van der Waals surface area (Å²) >= 11 is 0. The summed E-state index contributed by atoms with van der Waals surface area (Å²) in [7, 11) is 0. The van der Waals surface area contributed by atoms with Crippen molar-refractivity contribution < 1.29 is 24.5 Å². The molecule has 0 fully saturated rings.